The van der Waals surface area contributed by atoms with E-state index in [1.54, 1.807) is 17.8 Å². The van der Waals surface area contributed by atoms with Gasteiger partial charge in [-0.25, -0.2) is 14.5 Å². The third-order valence-corrected chi connectivity index (χ3v) is 3.51. The summed E-state index contributed by atoms with van der Waals surface area (Å²) in [5.74, 6) is 0.213. The summed E-state index contributed by atoms with van der Waals surface area (Å²) in [5, 5.41) is 13.6. The van der Waals surface area contributed by atoms with Gasteiger partial charge in [0.15, 0.2) is 5.82 Å². The van der Waals surface area contributed by atoms with Crippen molar-refractivity contribution >= 4 is 5.97 Å². The first-order chi connectivity index (χ1) is 10.5. The Kier molecular flexibility index (Phi) is 4.92. The molecule has 0 unspecified atom stereocenters. The second-order valence-corrected chi connectivity index (χ2v) is 5.58. The Balaban J connectivity index is 2.58. The van der Waals surface area contributed by atoms with Crippen LogP contribution in [0.3, 0.4) is 0 Å². The topological polar surface area (TPSA) is 77.2 Å². The molecule has 0 saturated carbocycles. The number of hydrogen-bond donors (Lipinski definition) is 1. The highest BCUT2D eigenvalue weighted by atomic mass is 16.5. The van der Waals surface area contributed by atoms with Crippen molar-refractivity contribution in [3.63, 3.8) is 0 Å². The van der Waals surface area contributed by atoms with Crippen LogP contribution in [0.5, 0.6) is 0 Å². The molecule has 2 aromatic heterocycles. The summed E-state index contributed by atoms with van der Waals surface area (Å²) in [6.45, 7) is 6.00. The minimum absolute atomic E-state index is 0.0165. The highest BCUT2D eigenvalue weighted by Gasteiger charge is 2.32. The number of aromatic nitrogens is 3. The maximum absolute atomic E-state index is 12.2. The van der Waals surface area contributed by atoms with Gasteiger partial charge in [-0.05, 0) is 25.5 Å². The van der Waals surface area contributed by atoms with Crippen molar-refractivity contribution in [2.45, 2.75) is 32.6 Å². The van der Waals surface area contributed by atoms with Gasteiger partial charge in [0.1, 0.15) is 5.56 Å². The van der Waals surface area contributed by atoms with E-state index >= 15 is 0 Å². The molecule has 2 aromatic rings. The third-order valence-electron chi connectivity index (χ3n) is 3.51. The molecule has 0 radical (unpaired) electrons. The molecule has 6 nitrogen and oxygen atoms in total. The molecule has 0 bridgehead atoms. The fraction of sp³-hybridized carbons (Fsp3) is 0.438. The van der Waals surface area contributed by atoms with Crippen molar-refractivity contribution in [2.24, 2.45) is 0 Å². The molecule has 118 valence electrons. The number of ether oxygens (including phenoxy) is 1. The van der Waals surface area contributed by atoms with Gasteiger partial charge in [-0.1, -0.05) is 19.9 Å². The molecule has 0 spiro atoms. The molecule has 2 rings (SSSR count). The summed E-state index contributed by atoms with van der Waals surface area (Å²) in [7, 11) is 0. The van der Waals surface area contributed by atoms with Crippen LogP contribution in [0.1, 0.15) is 43.2 Å². The Morgan fingerprint density at radius 3 is 2.77 bits per heavy atom. The molecule has 0 aliphatic heterocycles. The summed E-state index contributed by atoms with van der Waals surface area (Å²) in [6.07, 6.45) is 3.67. The quantitative estimate of drug-likeness (QED) is 0.827. The Morgan fingerprint density at radius 2 is 2.18 bits per heavy atom. The predicted molar refractivity (Wildman–Crippen MR) is 82.0 cm³/mol. The van der Waals surface area contributed by atoms with Crippen molar-refractivity contribution in [2.75, 3.05) is 13.2 Å². The molecule has 0 atom stereocenters. The Bertz CT molecular complexity index is 635. The Labute approximate surface area is 129 Å². The van der Waals surface area contributed by atoms with Crippen LogP contribution in [0.2, 0.25) is 0 Å². The number of pyridine rings is 1. The lowest BCUT2D eigenvalue weighted by molar-refractivity contribution is 0.0522. The SMILES string of the molecule is CCOC(=O)c1cnn(-c2ccccn2)c1C(C)(C)CCO. The maximum atomic E-state index is 12.2. The number of nitrogens with zero attached hydrogens (tertiary/aromatic N) is 3. The van der Waals surface area contributed by atoms with Crippen LogP contribution in [0.4, 0.5) is 0 Å². The zero-order chi connectivity index (χ0) is 16.2. The van der Waals surface area contributed by atoms with Gasteiger partial charge in [-0.15, -0.1) is 0 Å². The summed E-state index contributed by atoms with van der Waals surface area (Å²) in [4.78, 5) is 16.5. The Hall–Kier alpha value is -2.21. The summed E-state index contributed by atoms with van der Waals surface area (Å²) in [5.41, 5.74) is 0.648. The summed E-state index contributed by atoms with van der Waals surface area (Å²) >= 11 is 0. The first-order valence-corrected chi connectivity index (χ1v) is 7.29. The normalized spacial score (nSPS) is 11.5. The monoisotopic (exact) mass is 303 g/mol. The van der Waals surface area contributed by atoms with Gasteiger partial charge >= 0.3 is 5.97 Å². The average molecular weight is 303 g/mol. The smallest absolute Gasteiger partial charge is 0.341 e. The van der Waals surface area contributed by atoms with Gasteiger partial charge in [0, 0.05) is 18.2 Å². The van der Waals surface area contributed by atoms with E-state index in [1.807, 2.05) is 32.0 Å². The number of hydrogen-bond acceptors (Lipinski definition) is 5. The van der Waals surface area contributed by atoms with Crippen LogP contribution in [-0.4, -0.2) is 39.1 Å². The average Bonchev–Trinajstić information content (AvgIpc) is 2.94. The summed E-state index contributed by atoms with van der Waals surface area (Å²) < 4.78 is 6.76. The van der Waals surface area contributed by atoms with Gasteiger partial charge < -0.3 is 9.84 Å². The van der Waals surface area contributed by atoms with Crippen molar-refractivity contribution < 1.29 is 14.6 Å². The number of aliphatic hydroxyl groups excluding tert-OH is 1. The summed E-state index contributed by atoms with van der Waals surface area (Å²) in [6, 6.07) is 5.50. The van der Waals surface area contributed by atoms with Crippen molar-refractivity contribution in [3.8, 4) is 5.82 Å². The molecule has 0 aromatic carbocycles. The van der Waals surface area contributed by atoms with Crippen molar-refractivity contribution in [1.29, 1.82) is 0 Å². The number of carbonyl (C=O) groups is 1. The van der Waals surface area contributed by atoms with Crippen molar-refractivity contribution in [1.82, 2.24) is 14.8 Å². The minimum Gasteiger partial charge on any atom is -0.462 e. The number of esters is 1. The maximum Gasteiger partial charge on any atom is 0.341 e. The van der Waals surface area contributed by atoms with Gasteiger partial charge in [0.25, 0.3) is 0 Å². The zero-order valence-electron chi connectivity index (χ0n) is 13.1. The van der Waals surface area contributed by atoms with E-state index in [0.29, 0.717) is 30.1 Å². The lowest BCUT2D eigenvalue weighted by atomic mass is 9.83. The molecule has 6 heteroatoms. The van der Waals surface area contributed by atoms with E-state index in [0.717, 1.165) is 0 Å². The molecule has 0 aliphatic rings. The van der Waals surface area contributed by atoms with Gasteiger partial charge in [0.2, 0.25) is 0 Å². The third kappa shape index (κ3) is 3.17. The van der Waals surface area contributed by atoms with Crippen LogP contribution in [0.25, 0.3) is 5.82 Å². The Morgan fingerprint density at radius 1 is 1.41 bits per heavy atom. The second kappa shape index (κ2) is 6.70. The number of rotatable bonds is 6. The van der Waals surface area contributed by atoms with Crippen LogP contribution >= 0.6 is 0 Å². The van der Waals surface area contributed by atoms with Crippen LogP contribution in [0.15, 0.2) is 30.6 Å². The number of carbonyl (C=O) groups excluding carboxylic acids is 1. The lowest BCUT2D eigenvalue weighted by Crippen LogP contribution is -2.26. The molecule has 1 N–H and O–H groups in total. The zero-order valence-corrected chi connectivity index (χ0v) is 13.1. The standard InChI is InChI=1S/C16H21N3O3/c1-4-22-15(21)12-11-18-19(13-7-5-6-9-17-13)14(12)16(2,3)8-10-20/h5-7,9,11,20H,4,8,10H2,1-3H3. The van der Waals surface area contributed by atoms with E-state index in [1.165, 1.54) is 6.20 Å². The van der Waals surface area contributed by atoms with Crippen LogP contribution in [-0.2, 0) is 10.2 Å². The van der Waals surface area contributed by atoms with Crippen molar-refractivity contribution in [3.05, 3.63) is 41.9 Å². The predicted octanol–water partition coefficient (Wildman–Crippen LogP) is 2.10. The lowest BCUT2D eigenvalue weighted by Gasteiger charge is -2.25. The largest absolute Gasteiger partial charge is 0.462 e. The number of aliphatic hydroxyl groups is 1. The first-order valence-electron chi connectivity index (χ1n) is 7.29. The molecular weight excluding hydrogens is 282 g/mol. The highest BCUT2D eigenvalue weighted by molar-refractivity contribution is 5.91. The molecule has 0 aliphatic carbocycles. The van der Waals surface area contributed by atoms with Crippen LogP contribution < -0.4 is 0 Å². The van der Waals surface area contributed by atoms with Gasteiger partial charge in [0.05, 0.1) is 18.5 Å². The highest BCUT2D eigenvalue weighted by Crippen LogP contribution is 2.31. The second-order valence-electron chi connectivity index (χ2n) is 5.58. The van der Waals surface area contributed by atoms with E-state index in [4.69, 9.17) is 4.74 Å². The molecule has 22 heavy (non-hydrogen) atoms. The molecule has 0 amide bonds. The fourth-order valence-corrected chi connectivity index (χ4v) is 2.41. The van der Waals surface area contributed by atoms with Gasteiger partial charge in [-0.2, -0.15) is 5.10 Å². The van der Waals surface area contributed by atoms with E-state index in [2.05, 4.69) is 10.1 Å². The molecule has 0 saturated heterocycles. The molecule has 2 heterocycles. The fourth-order valence-electron chi connectivity index (χ4n) is 2.41. The van der Waals surface area contributed by atoms with Crippen LogP contribution in [0, 0.1) is 0 Å². The van der Waals surface area contributed by atoms with E-state index in [9.17, 15) is 9.90 Å². The van der Waals surface area contributed by atoms with E-state index in [-0.39, 0.29) is 6.61 Å². The van der Waals surface area contributed by atoms with E-state index < -0.39 is 11.4 Å². The molecular formula is C16H21N3O3. The minimum atomic E-state index is -0.454. The van der Waals surface area contributed by atoms with Gasteiger partial charge in [-0.3, -0.25) is 0 Å². The molecule has 0 fully saturated rings. The first kappa shape index (κ1) is 16.2.